The van der Waals surface area contributed by atoms with Gasteiger partial charge in [0.05, 0.1) is 12.2 Å². The number of hydrogen-bond donors (Lipinski definition) is 0. The van der Waals surface area contributed by atoms with Crippen molar-refractivity contribution in [1.82, 2.24) is 4.90 Å². The lowest BCUT2D eigenvalue weighted by Gasteiger charge is -2.37. The summed E-state index contributed by atoms with van der Waals surface area (Å²) in [7, 11) is 0. The molecule has 0 saturated carbocycles. The first-order valence-electron chi connectivity index (χ1n) is 8.08. The average Bonchev–Trinajstić information content (AvgIpc) is 2.42. The molecule has 0 N–H and O–H groups in total. The largest absolute Gasteiger partial charge is 0.481 e. The molecule has 0 radical (unpaired) electrons. The lowest BCUT2D eigenvalue weighted by atomic mass is 10.1. The minimum atomic E-state index is -0.432. The molecule has 22 heavy (non-hydrogen) atoms. The van der Waals surface area contributed by atoms with E-state index in [2.05, 4.69) is 6.07 Å². The molecular weight excluding hydrogens is 278 g/mol. The fourth-order valence-electron chi connectivity index (χ4n) is 3.04. The zero-order valence-electron chi connectivity index (χ0n) is 14.3. The quantitative estimate of drug-likeness (QED) is 0.858. The van der Waals surface area contributed by atoms with Crippen LogP contribution in [0.25, 0.3) is 0 Å². The van der Waals surface area contributed by atoms with Crippen molar-refractivity contribution in [3.8, 4) is 5.75 Å². The van der Waals surface area contributed by atoms with Gasteiger partial charge in [-0.1, -0.05) is 13.0 Å². The summed E-state index contributed by atoms with van der Waals surface area (Å²) in [6, 6.07) is 6.06. The Morgan fingerprint density at radius 1 is 1.23 bits per heavy atom. The number of carbonyl (C=O) groups is 1. The molecule has 1 aromatic carbocycles. The summed E-state index contributed by atoms with van der Waals surface area (Å²) in [6.45, 7) is 11.3. The van der Waals surface area contributed by atoms with Crippen LogP contribution in [0.4, 0.5) is 0 Å². The van der Waals surface area contributed by atoms with Gasteiger partial charge in [0, 0.05) is 13.1 Å². The zero-order valence-corrected chi connectivity index (χ0v) is 14.3. The highest BCUT2D eigenvalue weighted by Gasteiger charge is 2.30. The normalized spacial score (nSPS) is 23.2. The SMILES string of the molecule is CC[C@@H](Oc1cc(C)cc(C)c1)C(=O)N1C[C@@H](C)O[C@@H](C)C1. The van der Waals surface area contributed by atoms with Crippen LogP contribution in [0.5, 0.6) is 5.75 Å². The van der Waals surface area contributed by atoms with E-state index in [4.69, 9.17) is 9.47 Å². The lowest BCUT2D eigenvalue weighted by Crippen LogP contribution is -2.52. The summed E-state index contributed by atoms with van der Waals surface area (Å²) < 4.78 is 11.7. The van der Waals surface area contributed by atoms with Crippen LogP contribution in [-0.4, -0.2) is 42.2 Å². The molecular formula is C18H27NO3. The monoisotopic (exact) mass is 305 g/mol. The summed E-state index contributed by atoms with van der Waals surface area (Å²) >= 11 is 0. The van der Waals surface area contributed by atoms with Gasteiger partial charge in [-0.05, 0) is 57.4 Å². The van der Waals surface area contributed by atoms with Gasteiger partial charge in [0.1, 0.15) is 5.75 Å². The number of hydrogen-bond acceptors (Lipinski definition) is 3. The molecule has 1 fully saturated rings. The van der Waals surface area contributed by atoms with Crippen molar-refractivity contribution in [1.29, 1.82) is 0 Å². The molecule has 4 heteroatoms. The van der Waals surface area contributed by atoms with E-state index in [1.807, 2.05) is 51.7 Å². The van der Waals surface area contributed by atoms with Gasteiger partial charge in [-0.25, -0.2) is 0 Å². The van der Waals surface area contributed by atoms with E-state index >= 15 is 0 Å². The number of morpholine rings is 1. The highest BCUT2D eigenvalue weighted by atomic mass is 16.5. The minimum Gasteiger partial charge on any atom is -0.481 e. The van der Waals surface area contributed by atoms with Crippen LogP contribution in [-0.2, 0) is 9.53 Å². The first kappa shape index (κ1) is 16.8. The maximum Gasteiger partial charge on any atom is 0.263 e. The molecule has 0 unspecified atom stereocenters. The molecule has 0 spiro atoms. The Hall–Kier alpha value is -1.55. The van der Waals surface area contributed by atoms with Gasteiger partial charge in [0.15, 0.2) is 6.10 Å². The van der Waals surface area contributed by atoms with Crippen LogP contribution >= 0.6 is 0 Å². The second-order valence-electron chi connectivity index (χ2n) is 6.34. The third kappa shape index (κ3) is 4.23. The molecule has 2 rings (SSSR count). The van der Waals surface area contributed by atoms with Gasteiger partial charge < -0.3 is 14.4 Å². The zero-order chi connectivity index (χ0) is 16.3. The Morgan fingerprint density at radius 2 is 1.77 bits per heavy atom. The topological polar surface area (TPSA) is 38.8 Å². The van der Waals surface area contributed by atoms with Crippen LogP contribution in [0, 0.1) is 13.8 Å². The van der Waals surface area contributed by atoms with E-state index in [0.717, 1.165) is 16.9 Å². The second kappa shape index (κ2) is 7.14. The Kier molecular flexibility index (Phi) is 5.46. The Balaban J connectivity index is 2.08. The molecule has 0 aromatic heterocycles. The number of carbonyl (C=O) groups excluding carboxylic acids is 1. The Morgan fingerprint density at radius 3 is 2.27 bits per heavy atom. The van der Waals surface area contributed by atoms with Crippen LogP contribution in [0.1, 0.15) is 38.3 Å². The van der Waals surface area contributed by atoms with E-state index in [-0.39, 0.29) is 18.1 Å². The molecule has 1 heterocycles. The predicted molar refractivity (Wildman–Crippen MR) is 87.2 cm³/mol. The number of amides is 1. The van der Waals surface area contributed by atoms with Gasteiger partial charge in [0.25, 0.3) is 5.91 Å². The van der Waals surface area contributed by atoms with Crippen molar-refractivity contribution in [3.63, 3.8) is 0 Å². The fourth-order valence-corrected chi connectivity index (χ4v) is 3.04. The standard InChI is InChI=1S/C18H27NO3/c1-6-17(22-16-8-12(2)7-13(3)9-16)18(20)19-10-14(4)21-15(5)11-19/h7-9,14-15,17H,6,10-11H2,1-5H3/t14-,15+,17-/m1/s1. The van der Waals surface area contributed by atoms with Gasteiger partial charge in [0.2, 0.25) is 0 Å². The van der Waals surface area contributed by atoms with Gasteiger partial charge in [-0.3, -0.25) is 4.79 Å². The first-order chi connectivity index (χ1) is 10.4. The second-order valence-corrected chi connectivity index (χ2v) is 6.34. The summed E-state index contributed by atoms with van der Waals surface area (Å²) in [4.78, 5) is 14.6. The average molecular weight is 305 g/mol. The van der Waals surface area contributed by atoms with Gasteiger partial charge in [-0.15, -0.1) is 0 Å². The molecule has 122 valence electrons. The number of ether oxygens (including phenoxy) is 2. The Labute approximate surface area is 133 Å². The van der Waals surface area contributed by atoms with Crippen molar-refractivity contribution in [2.75, 3.05) is 13.1 Å². The number of benzene rings is 1. The summed E-state index contributed by atoms with van der Waals surface area (Å²) in [5.74, 6) is 0.829. The maximum absolute atomic E-state index is 12.7. The molecule has 4 nitrogen and oxygen atoms in total. The molecule has 1 aromatic rings. The summed E-state index contributed by atoms with van der Waals surface area (Å²) in [5.41, 5.74) is 2.29. The van der Waals surface area contributed by atoms with Crippen molar-refractivity contribution in [3.05, 3.63) is 29.3 Å². The summed E-state index contributed by atoms with van der Waals surface area (Å²) in [6.07, 6.45) is 0.378. The summed E-state index contributed by atoms with van der Waals surface area (Å²) in [5, 5.41) is 0. The number of nitrogens with zero attached hydrogens (tertiary/aromatic N) is 1. The fraction of sp³-hybridized carbons (Fsp3) is 0.611. The van der Waals surface area contributed by atoms with E-state index in [9.17, 15) is 4.79 Å². The molecule has 3 atom stereocenters. The van der Waals surface area contributed by atoms with E-state index in [0.29, 0.717) is 19.5 Å². The van der Waals surface area contributed by atoms with Gasteiger partial charge in [-0.2, -0.15) is 0 Å². The van der Waals surface area contributed by atoms with Crippen LogP contribution < -0.4 is 4.74 Å². The van der Waals surface area contributed by atoms with Crippen molar-refractivity contribution in [2.45, 2.75) is 59.4 Å². The number of aryl methyl sites for hydroxylation is 2. The van der Waals surface area contributed by atoms with Crippen LogP contribution in [0.15, 0.2) is 18.2 Å². The van der Waals surface area contributed by atoms with E-state index < -0.39 is 6.10 Å². The molecule has 0 bridgehead atoms. The Bertz CT molecular complexity index is 499. The highest BCUT2D eigenvalue weighted by molar-refractivity contribution is 5.81. The molecule has 1 saturated heterocycles. The van der Waals surface area contributed by atoms with Gasteiger partial charge >= 0.3 is 0 Å². The smallest absolute Gasteiger partial charge is 0.263 e. The van der Waals surface area contributed by atoms with Crippen LogP contribution in [0.3, 0.4) is 0 Å². The molecule has 1 aliphatic heterocycles. The van der Waals surface area contributed by atoms with E-state index in [1.165, 1.54) is 0 Å². The highest BCUT2D eigenvalue weighted by Crippen LogP contribution is 2.20. The number of rotatable bonds is 4. The predicted octanol–water partition coefficient (Wildman–Crippen LogP) is 3.10. The van der Waals surface area contributed by atoms with E-state index in [1.54, 1.807) is 0 Å². The molecule has 1 amide bonds. The van der Waals surface area contributed by atoms with Crippen molar-refractivity contribution >= 4 is 5.91 Å². The van der Waals surface area contributed by atoms with Crippen molar-refractivity contribution in [2.24, 2.45) is 0 Å². The molecule has 1 aliphatic rings. The third-order valence-electron chi connectivity index (χ3n) is 3.85. The third-order valence-corrected chi connectivity index (χ3v) is 3.85. The lowest BCUT2D eigenvalue weighted by molar-refractivity contribution is -0.150. The maximum atomic E-state index is 12.7. The van der Waals surface area contributed by atoms with Crippen LogP contribution in [0.2, 0.25) is 0 Å². The minimum absolute atomic E-state index is 0.0589. The molecule has 0 aliphatic carbocycles. The van der Waals surface area contributed by atoms with Crippen molar-refractivity contribution < 1.29 is 14.3 Å². The first-order valence-corrected chi connectivity index (χ1v) is 8.08.